The van der Waals surface area contributed by atoms with Gasteiger partial charge in [-0.05, 0) is 69.6 Å². The van der Waals surface area contributed by atoms with Gasteiger partial charge >= 0.3 is 0 Å². The Morgan fingerprint density at radius 3 is 2.61 bits per heavy atom. The largest absolute Gasteiger partial charge is 0.490 e. The Morgan fingerprint density at radius 2 is 1.82 bits per heavy atom. The summed E-state index contributed by atoms with van der Waals surface area (Å²) in [6.45, 7) is 8.50. The predicted molar refractivity (Wildman–Crippen MR) is 126 cm³/mol. The maximum atomic E-state index is 12.6. The van der Waals surface area contributed by atoms with Crippen molar-refractivity contribution in [3.8, 4) is 11.5 Å². The van der Waals surface area contributed by atoms with Gasteiger partial charge in [0.1, 0.15) is 5.76 Å². The lowest BCUT2D eigenvalue weighted by Crippen LogP contribution is -2.28. The first-order valence-corrected chi connectivity index (χ1v) is 11.7. The molecule has 3 aromatic rings. The number of carbonyl (C=O) groups is 1. The van der Waals surface area contributed by atoms with Gasteiger partial charge in [0.05, 0.1) is 38.2 Å². The fourth-order valence-corrected chi connectivity index (χ4v) is 4.01. The van der Waals surface area contributed by atoms with E-state index >= 15 is 0 Å². The van der Waals surface area contributed by atoms with Gasteiger partial charge in [-0.1, -0.05) is 12.5 Å². The number of piperidine rings is 1. The summed E-state index contributed by atoms with van der Waals surface area (Å²) in [5, 5.41) is 7.23. The third-order valence-corrected chi connectivity index (χ3v) is 5.56. The maximum absolute atomic E-state index is 12.6. The van der Waals surface area contributed by atoms with Crippen molar-refractivity contribution >= 4 is 11.6 Å². The number of rotatable bonds is 10. The second-order valence-corrected chi connectivity index (χ2v) is 8.13. The summed E-state index contributed by atoms with van der Waals surface area (Å²) in [5.74, 6) is 2.30. The molecule has 1 aliphatic rings. The molecule has 4 rings (SSSR count). The summed E-state index contributed by atoms with van der Waals surface area (Å²) in [6.07, 6.45) is 7.17. The molecular formula is C25H32N4O4. The minimum absolute atomic E-state index is 0.279. The van der Waals surface area contributed by atoms with Crippen LogP contribution in [0, 0.1) is 0 Å². The Morgan fingerprint density at radius 1 is 1.03 bits per heavy atom. The van der Waals surface area contributed by atoms with Gasteiger partial charge < -0.3 is 19.2 Å². The van der Waals surface area contributed by atoms with Crippen LogP contribution in [-0.4, -0.2) is 46.9 Å². The molecule has 2 aromatic heterocycles. The zero-order valence-corrected chi connectivity index (χ0v) is 19.4. The highest BCUT2D eigenvalue weighted by Gasteiger charge is 2.16. The van der Waals surface area contributed by atoms with Gasteiger partial charge in [-0.2, -0.15) is 5.10 Å². The molecule has 8 heteroatoms. The number of furan rings is 1. The van der Waals surface area contributed by atoms with E-state index in [2.05, 4.69) is 15.3 Å². The summed E-state index contributed by atoms with van der Waals surface area (Å²) >= 11 is 0. The molecule has 0 radical (unpaired) electrons. The lowest BCUT2D eigenvalue weighted by Gasteiger charge is -2.25. The highest BCUT2D eigenvalue weighted by Crippen LogP contribution is 2.29. The number of aromatic nitrogens is 2. The molecule has 3 heterocycles. The van der Waals surface area contributed by atoms with E-state index in [1.807, 2.05) is 38.1 Å². The van der Waals surface area contributed by atoms with E-state index < -0.39 is 0 Å². The minimum Gasteiger partial charge on any atom is -0.490 e. The summed E-state index contributed by atoms with van der Waals surface area (Å²) in [5.41, 5.74) is 1.64. The number of amides is 1. The summed E-state index contributed by atoms with van der Waals surface area (Å²) in [6, 6.07) is 9.47. The van der Waals surface area contributed by atoms with E-state index in [0.717, 1.165) is 42.5 Å². The van der Waals surface area contributed by atoms with Crippen LogP contribution >= 0.6 is 0 Å². The third-order valence-electron chi connectivity index (χ3n) is 5.56. The molecule has 176 valence electrons. The fraction of sp³-hybridized carbons (Fsp3) is 0.440. The monoisotopic (exact) mass is 452 g/mol. The van der Waals surface area contributed by atoms with Crippen LogP contribution in [0.4, 0.5) is 5.69 Å². The van der Waals surface area contributed by atoms with Gasteiger partial charge in [-0.3, -0.25) is 14.4 Å². The van der Waals surface area contributed by atoms with Crippen LogP contribution < -0.4 is 14.8 Å². The zero-order chi connectivity index (χ0) is 23.0. The van der Waals surface area contributed by atoms with Gasteiger partial charge in [0.2, 0.25) is 0 Å². The van der Waals surface area contributed by atoms with Crippen molar-refractivity contribution < 1.29 is 18.7 Å². The van der Waals surface area contributed by atoms with Gasteiger partial charge in [-0.15, -0.1) is 0 Å². The molecule has 1 N–H and O–H groups in total. The van der Waals surface area contributed by atoms with Crippen molar-refractivity contribution in [2.24, 2.45) is 0 Å². The number of hydrogen-bond donors (Lipinski definition) is 1. The van der Waals surface area contributed by atoms with Crippen molar-refractivity contribution in [2.45, 2.75) is 46.2 Å². The van der Waals surface area contributed by atoms with Crippen molar-refractivity contribution in [2.75, 3.05) is 31.6 Å². The van der Waals surface area contributed by atoms with Crippen LogP contribution in [0.5, 0.6) is 11.5 Å². The Bertz CT molecular complexity index is 1050. The van der Waals surface area contributed by atoms with Gasteiger partial charge in [0.25, 0.3) is 5.91 Å². The average molecular weight is 453 g/mol. The molecule has 0 unspecified atom stereocenters. The number of nitrogens with one attached hydrogen (secondary N) is 1. The van der Waals surface area contributed by atoms with Crippen LogP contribution in [0.2, 0.25) is 0 Å². The molecular weight excluding hydrogens is 420 g/mol. The minimum atomic E-state index is -0.279. The molecule has 1 fully saturated rings. The summed E-state index contributed by atoms with van der Waals surface area (Å²) in [7, 11) is 0. The molecule has 1 aromatic carbocycles. The average Bonchev–Trinajstić information content (AvgIpc) is 3.46. The number of anilines is 1. The van der Waals surface area contributed by atoms with Crippen LogP contribution in [0.25, 0.3) is 0 Å². The Hall–Kier alpha value is -3.26. The van der Waals surface area contributed by atoms with E-state index in [1.54, 1.807) is 23.1 Å². The smallest absolute Gasteiger partial charge is 0.291 e. The van der Waals surface area contributed by atoms with Crippen molar-refractivity contribution in [3.05, 3.63) is 59.8 Å². The van der Waals surface area contributed by atoms with Crippen molar-refractivity contribution in [1.29, 1.82) is 0 Å². The predicted octanol–water partition coefficient (Wildman–Crippen LogP) is 4.56. The molecule has 0 bridgehead atoms. The molecule has 0 spiro atoms. The molecule has 1 saturated heterocycles. The number of benzene rings is 1. The van der Waals surface area contributed by atoms with Crippen LogP contribution in [0.3, 0.4) is 0 Å². The van der Waals surface area contributed by atoms with E-state index in [-0.39, 0.29) is 5.91 Å². The lowest BCUT2D eigenvalue weighted by atomic mass is 10.1. The van der Waals surface area contributed by atoms with Gasteiger partial charge in [0, 0.05) is 6.20 Å². The number of nitrogens with zero attached hydrogens (tertiary/aromatic N) is 3. The molecule has 0 aliphatic carbocycles. The first-order valence-electron chi connectivity index (χ1n) is 11.7. The van der Waals surface area contributed by atoms with Crippen LogP contribution in [0.15, 0.2) is 47.1 Å². The Balaban J connectivity index is 1.35. The second-order valence-electron chi connectivity index (χ2n) is 8.13. The van der Waals surface area contributed by atoms with Gasteiger partial charge in [-0.25, -0.2) is 0 Å². The third kappa shape index (κ3) is 6.16. The molecule has 8 nitrogen and oxygen atoms in total. The zero-order valence-electron chi connectivity index (χ0n) is 19.4. The number of hydrogen-bond acceptors (Lipinski definition) is 6. The highest BCUT2D eigenvalue weighted by atomic mass is 16.5. The van der Waals surface area contributed by atoms with E-state index in [0.29, 0.717) is 31.2 Å². The number of carbonyl (C=O) groups excluding carboxylic acids is 1. The fourth-order valence-electron chi connectivity index (χ4n) is 4.01. The van der Waals surface area contributed by atoms with Gasteiger partial charge in [0.15, 0.2) is 17.3 Å². The number of likely N-dealkylation sites (tertiary alicyclic amines) is 1. The molecule has 1 amide bonds. The van der Waals surface area contributed by atoms with Crippen molar-refractivity contribution in [3.63, 3.8) is 0 Å². The van der Waals surface area contributed by atoms with E-state index in [1.165, 1.54) is 19.3 Å². The first-order chi connectivity index (χ1) is 16.1. The van der Waals surface area contributed by atoms with E-state index in [4.69, 9.17) is 13.9 Å². The molecule has 33 heavy (non-hydrogen) atoms. The first kappa shape index (κ1) is 22.9. The number of ether oxygens (including phenoxy) is 2. The second kappa shape index (κ2) is 11.0. The quantitative estimate of drug-likeness (QED) is 0.486. The standard InChI is InChI=1S/C25H32N4O4/c1-3-31-22-10-8-19(14-24(22)32-4-2)16-29-17-20(15-26-29)27-25(30)23-11-9-21(33-23)18-28-12-6-5-7-13-28/h8-11,14-15,17H,3-7,12-13,16,18H2,1-2H3,(H,27,30). The SMILES string of the molecule is CCOc1ccc(Cn2cc(NC(=O)c3ccc(CN4CCCCC4)o3)cn2)cc1OCC. The maximum Gasteiger partial charge on any atom is 0.291 e. The topological polar surface area (TPSA) is 81.8 Å². The lowest BCUT2D eigenvalue weighted by molar-refractivity contribution is 0.0992. The highest BCUT2D eigenvalue weighted by molar-refractivity contribution is 6.02. The molecule has 1 aliphatic heterocycles. The molecule has 0 atom stereocenters. The Labute approximate surface area is 194 Å². The normalized spacial score (nSPS) is 14.2. The van der Waals surface area contributed by atoms with Crippen LogP contribution in [0.1, 0.15) is 55.0 Å². The summed E-state index contributed by atoms with van der Waals surface area (Å²) in [4.78, 5) is 15.0. The van der Waals surface area contributed by atoms with Crippen molar-refractivity contribution in [1.82, 2.24) is 14.7 Å². The summed E-state index contributed by atoms with van der Waals surface area (Å²) < 4.78 is 18.9. The van der Waals surface area contributed by atoms with E-state index in [9.17, 15) is 4.79 Å². The molecule has 0 saturated carbocycles. The Kier molecular flexibility index (Phi) is 7.67. The van der Waals surface area contributed by atoms with Crippen LogP contribution in [-0.2, 0) is 13.1 Å².